The van der Waals surface area contributed by atoms with Crippen LogP contribution in [0.4, 0.5) is 0 Å². The molecular weight excluding hydrogens is 164 g/mol. The molecule has 1 heterocycles. The first-order chi connectivity index (χ1) is 5.99. The van der Waals surface area contributed by atoms with E-state index >= 15 is 0 Å². The van der Waals surface area contributed by atoms with E-state index in [4.69, 9.17) is 4.74 Å². The third-order valence-electron chi connectivity index (χ3n) is 3.21. The molecule has 0 aromatic rings. The molecule has 1 fully saturated rings. The molecule has 0 amide bonds. The fourth-order valence-corrected chi connectivity index (χ4v) is 2.30. The Bertz CT molecular complexity index is 186. The van der Waals surface area contributed by atoms with E-state index in [1.165, 1.54) is 0 Å². The molecule has 1 saturated heterocycles. The summed E-state index contributed by atoms with van der Waals surface area (Å²) in [6.07, 6.45) is 2.60. The lowest BCUT2D eigenvalue weighted by molar-refractivity contribution is -0.181. The van der Waals surface area contributed by atoms with Gasteiger partial charge in [-0.25, -0.2) is 0 Å². The first-order valence-corrected chi connectivity index (χ1v) is 5.21. The summed E-state index contributed by atoms with van der Waals surface area (Å²) in [6.45, 7) is 8.55. The zero-order valence-corrected chi connectivity index (χ0v) is 9.09. The van der Waals surface area contributed by atoms with Crippen molar-refractivity contribution in [3.05, 3.63) is 0 Å². The second-order valence-corrected chi connectivity index (χ2v) is 4.59. The Morgan fingerprint density at radius 3 is 2.08 bits per heavy atom. The third-order valence-corrected chi connectivity index (χ3v) is 3.21. The average molecular weight is 184 g/mol. The lowest BCUT2D eigenvalue weighted by atomic mass is 9.75. The van der Waals surface area contributed by atoms with Crippen LogP contribution in [0.3, 0.4) is 0 Å². The standard InChI is InChI=1S/C11H20O2/c1-8(2)11(9(3)4)7-5-6-10(12)13-11/h8-9H,5-7H2,1-4H3. The van der Waals surface area contributed by atoms with Gasteiger partial charge in [0.2, 0.25) is 0 Å². The van der Waals surface area contributed by atoms with Gasteiger partial charge in [-0.05, 0) is 24.7 Å². The fraction of sp³-hybridized carbons (Fsp3) is 0.909. The van der Waals surface area contributed by atoms with Crippen LogP contribution >= 0.6 is 0 Å². The second-order valence-electron chi connectivity index (χ2n) is 4.59. The molecule has 0 unspecified atom stereocenters. The first kappa shape index (κ1) is 10.6. The van der Waals surface area contributed by atoms with E-state index in [1.54, 1.807) is 0 Å². The maximum Gasteiger partial charge on any atom is 0.306 e. The van der Waals surface area contributed by atoms with Crippen molar-refractivity contribution in [1.29, 1.82) is 0 Å². The Kier molecular flexibility index (Phi) is 2.99. The highest BCUT2D eigenvalue weighted by Gasteiger charge is 2.42. The van der Waals surface area contributed by atoms with Gasteiger partial charge in [0, 0.05) is 6.42 Å². The van der Waals surface area contributed by atoms with Gasteiger partial charge in [-0.15, -0.1) is 0 Å². The number of cyclic esters (lactones) is 1. The van der Waals surface area contributed by atoms with Crippen LogP contribution in [0.15, 0.2) is 0 Å². The van der Waals surface area contributed by atoms with Gasteiger partial charge in [0.1, 0.15) is 5.60 Å². The number of carbonyl (C=O) groups is 1. The summed E-state index contributed by atoms with van der Waals surface area (Å²) in [5.41, 5.74) is -0.199. The zero-order chi connectivity index (χ0) is 10.1. The summed E-state index contributed by atoms with van der Waals surface area (Å²) in [4.78, 5) is 11.3. The van der Waals surface area contributed by atoms with Crippen molar-refractivity contribution >= 4 is 5.97 Å². The van der Waals surface area contributed by atoms with Gasteiger partial charge in [-0.3, -0.25) is 4.79 Å². The molecular formula is C11H20O2. The molecule has 0 radical (unpaired) electrons. The van der Waals surface area contributed by atoms with Crippen molar-refractivity contribution in [2.45, 2.75) is 52.6 Å². The predicted molar refractivity (Wildman–Crippen MR) is 52.4 cm³/mol. The van der Waals surface area contributed by atoms with Gasteiger partial charge in [0.15, 0.2) is 0 Å². The van der Waals surface area contributed by atoms with Crippen LogP contribution in [0.1, 0.15) is 47.0 Å². The molecule has 0 aromatic carbocycles. The van der Waals surface area contributed by atoms with Gasteiger partial charge in [-0.2, -0.15) is 0 Å². The number of rotatable bonds is 2. The van der Waals surface area contributed by atoms with Crippen molar-refractivity contribution in [2.24, 2.45) is 11.8 Å². The minimum Gasteiger partial charge on any atom is -0.459 e. The van der Waals surface area contributed by atoms with E-state index in [2.05, 4.69) is 27.7 Å². The summed E-state index contributed by atoms with van der Waals surface area (Å²) in [7, 11) is 0. The highest BCUT2D eigenvalue weighted by atomic mass is 16.6. The Hall–Kier alpha value is -0.530. The van der Waals surface area contributed by atoms with Crippen LogP contribution in [-0.2, 0) is 9.53 Å². The summed E-state index contributed by atoms with van der Waals surface area (Å²) in [6, 6.07) is 0. The maximum atomic E-state index is 11.3. The maximum absolute atomic E-state index is 11.3. The van der Waals surface area contributed by atoms with Crippen LogP contribution < -0.4 is 0 Å². The average Bonchev–Trinajstić information content (AvgIpc) is 2.03. The lowest BCUT2D eigenvalue weighted by Gasteiger charge is -2.43. The highest BCUT2D eigenvalue weighted by Crippen LogP contribution is 2.38. The molecule has 0 bridgehead atoms. The zero-order valence-electron chi connectivity index (χ0n) is 9.09. The van der Waals surface area contributed by atoms with Crippen molar-refractivity contribution < 1.29 is 9.53 Å². The second kappa shape index (κ2) is 3.69. The van der Waals surface area contributed by atoms with Crippen molar-refractivity contribution in [3.8, 4) is 0 Å². The number of hydrogen-bond donors (Lipinski definition) is 0. The van der Waals surface area contributed by atoms with Crippen LogP contribution in [0, 0.1) is 11.8 Å². The monoisotopic (exact) mass is 184 g/mol. The van der Waals surface area contributed by atoms with E-state index < -0.39 is 0 Å². The first-order valence-electron chi connectivity index (χ1n) is 5.21. The van der Waals surface area contributed by atoms with Crippen LogP contribution in [0.2, 0.25) is 0 Å². The Morgan fingerprint density at radius 2 is 1.77 bits per heavy atom. The van der Waals surface area contributed by atoms with E-state index in [9.17, 15) is 4.79 Å². The number of esters is 1. The van der Waals surface area contributed by atoms with Crippen LogP contribution in [0.5, 0.6) is 0 Å². The molecule has 0 atom stereocenters. The largest absolute Gasteiger partial charge is 0.459 e. The van der Waals surface area contributed by atoms with E-state index in [1.807, 2.05) is 0 Å². The van der Waals surface area contributed by atoms with Gasteiger partial charge >= 0.3 is 5.97 Å². The van der Waals surface area contributed by atoms with E-state index in [0.29, 0.717) is 18.3 Å². The van der Waals surface area contributed by atoms with Crippen molar-refractivity contribution in [3.63, 3.8) is 0 Å². The van der Waals surface area contributed by atoms with Gasteiger partial charge in [0.05, 0.1) is 0 Å². The Morgan fingerprint density at radius 1 is 1.23 bits per heavy atom. The van der Waals surface area contributed by atoms with Crippen molar-refractivity contribution in [1.82, 2.24) is 0 Å². The summed E-state index contributed by atoms with van der Waals surface area (Å²) in [5.74, 6) is 0.808. The number of hydrogen-bond acceptors (Lipinski definition) is 2. The third kappa shape index (κ3) is 1.87. The van der Waals surface area contributed by atoms with E-state index in [0.717, 1.165) is 12.8 Å². The minimum atomic E-state index is -0.199. The van der Waals surface area contributed by atoms with Gasteiger partial charge in [0.25, 0.3) is 0 Å². The number of ether oxygens (including phenoxy) is 1. The molecule has 0 N–H and O–H groups in total. The summed E-state index contributed by atoms with van der Waals surface area (Å²) in [5, 5.41) is 0. The molecule has 2 heteroatoms. The lowest BCUT2D eigenvalue weighted by Crippen LogP contribution is -2.47. The highest BCUT2D eigenvalue weighted by molar-refractivity contribution is 5.70. The topological polar surface area (TPSA) is 26.3 Å². The van der Waals surface area contributed by atoms with E-state index in [-0.39, 0.29) is 11.6 Å². The van der Waals surface area contributed by atoms with Gasteiger partial charge in [-0.1, -0.05) is 27.7 Å². The molecule has 13 heavy (non-hydrogen) atoms. The normalized spacial score (nSPS) is 22.2. The molecule has 1 aliphatic rings. The Balaban J connectivity index is 2.83. The summed E-state index contributed by atoms with van der Waals surface area (Å²) < 4.78 is 5.56. The molecule has 76 valence electrons. The molecule has 0 saturated carbocycles. The van der Waals surface area contributed by atoms with Crippen molar-refractivity contribution in [2.75, 3.05) is 0 Å². The van der Waals surface area contributed by atoms with Gasteiger partial charge < -0.3 is 4.74 Å². The minimum absolute atomic E-state index is 0.0198. The smallest absolute Gasteiger partial charge is 0.306 e. The van der Waals surface area contributed by atoms with Crippen LogP contribution in [0.25, 0.3) is 0 Å². The SMILES string of the molecule is CC(C)C1(C(C)C)CCCC(=O)O1. The quantitative estimate of drug-likeness (QED) is 0.617. The summed E-state index contributed by atoms with van der Waals surface area (Å²) >= 11 is 0. The molecule has 1 rings (SSSR count). The Labute approximate surface area is 80.7 Å². The molecule has 1 aliphatic heterocycles. The fourth-order valence-electron chi connectivity index (χ4n) is 2.30. The molecule has 0 spiro atoms. The molecule has 2 nitrogen and oxygen atoms in total. The number of carbonyl (C=O) groups excluding carboxylic acids is 1. The molecule has 0 aliphatic carbocycles. The predicted octanol–water partition coefficient (Wildman–Crippen LogP) is 2.76. The molecule has 0 aromatic heterocycles. The van der Waals surface area contributed by atoms with Crippen LogP contribution in [-0.4, -0.2) is 11.6 Å².